The molecule has 2 heterocycles. The van der Waals surface area contributed by atoms with E-state index in [1.807, 2.05) is 0 Å². The third-order valence-corrected chi connectivity index (χ3v) is 7.15. The number of hydrogen-bond donors (Lipinski definition) is 2. The third kappa shape index (κ3) is 3.02. The molecule has 9 heteroatoms. The lowest BCUT2D eigenvalue weighted by atomic mass is 9.99. The van der Waals surface area contributed by atoms with Crippen molar-refractivity contribution < 1.29 is 17.9 Å². The maximum Gasteiger partial charge on any atom is 0.243 e. The van der Waals surface area contributed by atoms with Crippen LogP contribution in [0.25, 0.3) is 11.1 Å². The molecule has 0 bridgehead atoms. The standard InChI is InChI=1S/C18H17ClFN3O3S/c19-17-14(3-1-10-8-22-18(21)16(10)17)13-4-2-12(7-15(13)20)27(25,26)23-6-5-11(24)9-23/h1-4,7,11,24H,5-6,8-9H2,(H2,21,22)/t11-/m1/s1. The lowest BCUT2D eigenvalue weighted by Crippen LogP contribution is -2.29. The van der Waals surface area contributed by atoms with E-state index in [9.17, 15) is 17.9 Å². The number of amidine groups is 1. The van der Waals surface area contributed by atoms with Gasteiger partial charge < -0.3 is 10.8 Å². The zero-order valence-electron chi connectivity index (χ0n) is 14.2. The summed E-state index contributed by atoms with van der Waals surface area (Å²) in [5, 5.41) is 9.87. The van der Waals surface area contributed by atoms with Gasteiger partial charge in [0.05, 0.1) is 22.6 Å². The Morgan fingerprint density at radius 2 is 2.00 bits per heavy atom. The summed E-state index contributed by atoms with van der Waals surface area (Å²) in [6, 6.07) is 7.19. The second-order valence-corrected chi connectivity index (χ2v) is 8.93. The number of nitrogens with zero attached hydrogens (tertiary/aromatic N) is 2. The van der Waals surface area contributed by atoms with E-state index in [1.165, 1.54) is 12.1 Å². The predicted molar refractivity (Wildman–Crippen MR) is 101 cm³/mol. The summed E-state index contributed by atoms with van der Waals surface area (Å²) < 4.78 is 41.2. The minimum atomic E-state index is -3.86. The van der Waals surface area contributed by atoms with Crippen LogP contribution in [0.4, 0.5) is 4.39 Å². The van der Waals surface area contributed by atoms with Crippen LogP contribution >= 0.6 is 11.6 Å². The molecule has 142 valence electrons. The molecule has 0 saturated carbocycles. The van der Waals surface area contributed by atoms with Crippen LogP contribution < -0.4 is 5.73 Å². The molecule has 6 nitrogen and oxygen atoms in total. The molecule has 3 N–H and O–H groups in total. The van der Waals surface area contributed by atoms with Crippen molar-refractivity contribution in [3.63, 3.8) is 0 Å². The highest BCUT2D eigenvalue weighted by Gasteiger charge is 2.32. The van der Waals surface area contributed by atoms with Crippen molar-refractivity contribution in [3.8, 4) is 11.1 Å². The maximum absolute atomic E-state index is 14.8. The van der Waals surface area contributed by atoms with Gasteiger partial charge in [0.1, 0.15) is 11.7 Å². The van der Waals surface area contributed by atoms with E-state index in [0.717, 1.165) is 15.9 Å². The average Bonchev–Trinajstić information content (AvgIpc) is 3.22. The van der Waals surface area contributed by atoms with Gasteiger partial charge in [0.25, 0.3) is 0 Å². The van der Waals surface area contributed by atoms with Crippen molar-refractivity contribution in [1.29, 1.82) is 0 Å². The van der Waals surface area contributed by atoms with E-state index in [2.05, 4.69) is 4.99 Å². The van der Waals surface area contributed by atoms with Crippen molar-refractivity contribution in [2.24, 2.45) is 10.7 Å². The highest BCUT2D eigenvalue weighted by Crippen LogP contribution is 2.37. The molecule has 0 aliphatic carbocycles. The Kier molecular flexibility index (Phi) is 4.46. The van der Waals surface area contributed by atoms with Gasteiger partial charge in [0, 0.05) is 29.8 Å². The Morgan fingerprint density at radius 1 is 1.26 bits per heavy atom. The van der Waals surface area contributed by atoms with Crippen LogP contribution in [0.1, 0.15) is 17.5 Å². The van der Waals surface area contributed by atoms with E-state index < -0.39 is 21.9 Å². The normalized spacial score (nSPS) is 20.0. The molecule has 0 spiro atoms. The van der Waals surface area contributed by atoms with Crippen molar-refractivity contribution in [1.82, 2.24) is 4.31 Å². The number of aliphatic imine (C=N–C) groups is 1. The summed E-state index contributed by atoms with van der Waals surface area (Å²) >= 11 is 6.42. The summed E-state index contributed by atoms with van der Waals surface area (Å²) in [6.45, 7) is 0.658. The Labute approximate surface area is 161 Å². The second-order valence-electron chi connectivity index (χ2n) is 6.61. The van der Waals surface area contributed by atoms with Gasteiger partial charge in [-0.25, -0.2) is 12.8 Å². The van der Waals surface area contributed by atoms with Crippen LogP contribution in [0, 0.1) is 5.82 Å². The van der Waals surface area contributed by atoms with Crippen LogP contribution in [0.3, 0.4) is 0 Å². The Hall–Kier alpha value is -2.00. The number of sulfonamides is 1. The molecule has 1 atom stereocenters. The lowest BCUT2D eigenvalue weighted by molar-refractivity contribution is 0.189. The molecule has 4 rings (SSSR count). The van der Waals surface area contributed by atoms with Crippen molar-refractivity contribution in [2.75, 3.05) is 13.1 Å². The predicted octanol–water partition coefficient (Wildman–Crippen LogP) is 2.12. The molecule has 2 aliphatic heterocycles. The smallest absolute Gasteiger partial charge is 0.243 e. The van der Waals surface area contributed by atoms with Gasteiger partial charge in [-0.05, 0) is 24.1 Å². The second kappa shape index (κ2) is 6.56. The van der Waals surface area contributed by atoms with E-state index in [0.29, 0.717) is 35.0 Å². The largest absolute Gasteiger partial charge is 0.392 e. The van der Waals surface area contributed by atoms with Crippen molar-refractivity contribution >= 4 is 27.5 Å². The molecule has 27 heavy (non-hydrogen) atoms. The van der Waals surface area contributed by atoms with Gasteiger partial charge in [-0.1, -0.05) is 29.8 Å². The SMILES string of the molecule is NC1=NCc2ccc(-c3ccc(S(=O)(=O)N4CC[C@@H](O)C4)cc3F)c(Cl)c21. The minimum absolute atomic E-state index is 0.0148. The molecule has 2 aromatic rings. The van der Waals surface area contributed by atoms with Crippen molar-refractivity contribution in [3.05, 3.63) is 52.3 Å². The molecule has 0 radical (unpaired) electrons. The number of benzene rings is 2. The Bertz CT molecular complexity index is 1070. The van der Waals surface area contributed by atoms with Crippen LogP contribution in [0.5, 0.6) is 0 Å². The number of β-amino-alcohol motifs (C(OH)–C–C–N with tert-alkyl or cyclic N) is 1. The zero-order valence-corrected chi connectivity index (χ0v) is 15.8. The first-order valence-electron chi connectivity index (χ1n) is 8.39. The summed E-state index contributed by atoms with van der Waals surface area (Å²) in [4.78, 5) is 3.97. The van der Waals surface area contributed by atoms with E-state index in [4.69, 9.17) is 17.3 Å². The summed E-state index contributed by atoms with van der Waals surface area (Å²) in [5.41, 5.74) is 7.93. The number of rotatable bonds is 3. The molecule has 0 unspecified atom stereocenters. The van der Waals surface area contributed by atoms with E-state index in [1.54, 1.807) is 12.1 Å². The molecule has 1 fully saturated rings. The number of aliphatic hydroxyl groups is 1. The van der Waals surface area contributed by atoms with Crippen molar-refractivity contribution in [2.45, 2.75) is 24.0 Å². The number of hydrogen-bond acceptors (Lipinski definition) is 5. The van der Waals surface area contributed by atoms with Gasteiger partial charge in [0.2, 0.25) is 10.0 Å². The highest BCUT2D eigenvalue weighted by atomic mass is 35.5. The molecule has 2 aliphatic rings. The zero-order chi connectivity index (χ0) is 19.3. The van der Waals surface area contributed by atoms with Crippen LogP contribution in [0.2, 0.25) is 5.02 Å². The molecule has 0 amide bonds. The minimum Gasteiger partial charge on any atom is -0.392 e. The van der Waals surface area contributed by atoms with E-state index >= 15 is 0 Å². The fourth-order valence-corrected chi connectivity index (χ4v) is 5.32. The third-order valence-electron chi connectivity index (χ3n) is 4.90. The molecule has 2 aromatic carbocycles. The number of halogens is 2. The quantitative estimate of drug-likeness (QED) is 0.811. The van der Waals surface area contributed by atoms with Crippen LogP contribution in [-0.4, -0.2) is 42.9 Å². The Balaban J connectivity index is 1.74. The molecule has 1 saturated heterocycles. The van der Waals surface area contributed by atoms with Gasteiger partial charge >= 0.3 is 0 Å². The Morgan fingerprint density at radius 3 is 2.67 bits per heavy atom. The van der Waals surface area contributed by atoms with E-state index in [-0.39, 0.29) is 23.5 Å². The maximum atomic E-state index is 14.8. The summed E-state index contributed by atoms with van der Waals surface area (Å²) in [5.74, 6) is -0.393. The fraction of sp³-hybridized carbons (Fsp3) is 0.278. The summed E-state index contributed by atoms with van der Waals surface area (Å²) in [6.07, 6.45) is -0.325. The van der Waals surface area contributed by atoms with Gasteiger partial charge in [-0.3, -0.25) is 4.99 Å². The molecular weight excluding hydrogens is 393 g/mol. The number of fused-ring (bicyclic) bond motifs is 1. The lowest BCUT2D eigenvalue weighted by Gasteiger charge is -2.17. The first kappa shape index (κ1) is 18.4. The highest BCUT2D eigenvalue weighted by molar-refractivity contribution is 7.89. The number of aliphatic hydroxyl groups excluding tert-OH is 1. The van der Waals surface area contributed by atoms with Gasteiger partial charge in [0.15, 0.2) is 0 Å². The summed E-state index contributed by atoms with van der Waals surface area (Å²) in [7, 11) is -3.86. The average molecular weight is 410 g/mol. The first-order valence-corrected chi connectivity index (χ1v) is 10.2. The van der Waals surface area contributed by atoms with Gasteiger partial charge in [-0.2, -0.15) is 4.31 Å². The van der Waals surface area contributed by atoms with Crippen LogP contribution in [0.15, 0.2) is 40.2 Å². The fourth-order valence-electron chi connectivity index (χ4n) is 3.43. The first-order chi connectivity index (χ1) is 12.8. The topological polar surface area (TPSA) is 96.0 Å². The van der Waals surface area contributed by atoms with Crippen LogP contribution in [-0.2, 0) is 16.6 Å². The molecule has 0 aromatic heterocycles. The molecular formula is C18H17ClFN3O3S. The number of nitrogens with two attached hydrogens (primary N) is 1. The van der Waals surface area contributed by atoms with Gasteiger partial charge in [-0.15, -0.1) is 0 Å². The monoisotopic (exact) mass is 409 g/mol.